The minimum absolute atomic E-state index is 0.0277. The monoisotopic (exact) mass is 457 g/mol. The van der Waals surface area contributed by atoms with Crippen LogP contribution in [0.4, 0.5) is 5.69 Å². The number of methoxy groups -OCH3 is 1. The number of esters is 1. The van der Waals surface area contributed by atoms with Crippen molar-refractivity contribution >= 4 is 34.7 Å². The number of Topliss-reactive ketones (excluding diaryl/α,β-unsaturated/α-hetero) is 1. The predicted molar refractivity (Wildman–Crippen MR) is 127 cm³/mol. The Morgan fingerprint density at radius 3 is 2.42 bits per heavy atom. The van der Waals surface area contributed by atoms with Crippen molar-refractivity contribution in [3.8, 4) is 0 Å². The fourth-order valence-electron chi connectivity index (χ4n) is 4.96. The van der Waals surface area contributed by atoms with Crippen LogP contribution in [0.2, 0.25) is 0 Å². The number of hydrogen-bond acceptors (Lipinski definition) is 5. The second-order valence-electron chi connectivity index (χ2n) is 8.31. The van der Waals surface area contributed by atoms with Gasteiger partial charge in [-0.1, -0.05) is 48.5 Å². The summed E-state index contributed by atoms with van der Waals surface area (Å²) in [6, 6.07) is 20.8. The summed E-state index contributed by atoms with van der Waals surface area (Å²) < 4.78 is 4.97. The van der Waals surface area contributed by atoms with Gasteiger partial charge in [0.2, 0.25) is 5.91 Å². The molecule has 166 valence electrons. The van der Waals surface area contributed by atoms with Crippen molar-refractivity contribution < 1.29 is 19.1 Å². The predicted octanol–water partition coefficient (Wildman–Crippen LogP) is 5.46. The van der Waals surface area contributed by atoms with Crippen molar-refractivity contribution in [2.45, 2.75) is 31.1 Å². The van der Waals surface area contributed by atoms with E-state index in [4.69, 9.17) is 4.74 Å². The van der Waals surface area contributed by atoms with Gasteiger partial charge in [-0.25, -0.2) is 4.79 Å². The summed E-state index contributed by atoms with van der Waals surface area (Å²) in [4.78, 5) is 42.3. The molecule has 0 saturated heterocycles. The topological polar surface area (TPSA) is 63.7 Å². The molecule has 3 aromatic rings. The molecule has 1 aromatic heterocycles. The Labute approximate surface area is 196 Å². The molecule has 5 rings (SSSR count). The highest BCUT2D eigenvalue weighted by Gasteiger charge is 2.43. The summed E-state index contributed by atoms with van der Waals surface area (Å²) >= 11 is 1.56. The maximum atomic E-state index is 13.6. The molecule has 5 nitrogen and oxygen atoms in total. The molecular formula is C27H23NO4S. The van der Waals surface area contributed by atoms with Gasteiger partial charge < -0.3 is 4.74 Å². The highest BCUT2D eigenvalue weighted by molar-refractivity contribution is 7.10. The third kappa shape index (κ3) is 3.80. The number of carbonyl (C=O) groups is 3. The van der Waals surface area contributed by atoms with Gasteiger partial charge in [0, 0.05) is 34.9 Å². The average molecular weight is 458 g/mol. The molecule has 1 aliphatic carbocycles. The number of rotatable bonds is 4. The largest absolute Gasteiger partial charge is 0.465 e. The number of thiophene rings is 1. The van der Waals surface area contributed by atoms with E-state index in [2.05, 4.69) is 0 Å². The Morgan fingerprint density at radius 1 is 0.939 bits per heavy atom. The molecule has 6 heteroatoms. The lowest BCUT2D eigenvalue weighted by atomic mass is 9.74. The van der Waals surface area contributed by atoms with E-state index in [0.29, 0.717) is 35.4 Å². The number of carbonyl (C=O) groups excluding carboxylic acids is 3. The Morgan fingerprint density at radius 2 is 1.70 bits per heavy atom. The van der Waals surface area contributed by atoms with E-state index in [0.717, 1.165) is 10.4 Å². The minimum atomic E-state index is -0.511. The number of ether oxygens (including phenoxy) is 1. The first-order valence-electron chi connectivity index (χ1n) is 10.9. The number of hydrogen-bond donors (Lipinski definition) is 0. The molecule has 0 spiro atoms. The third-order valence-corrected chi connectivity index (χ3v) is 7.42. The lowest BCUT2D eigenvalue weighted by Gasteiger charge is -2.40. The molecule has 0 N–H and O–H groups in total. The second kappa shape index (κ2) is 8.79. The molecule has 2 heterocycles. The SMILES string of the molecule is COC(=O)c1ccccc1N1C(=O)CC(c2cccs2)C2=C1CC(c1ccccc1)CC2=O. The van der Waals surface area contributed by atoms with Gasteiger partial charge in [-0.2, -0.15) is 0 Å². The Bertz CT molecular complexity index is 1250. The van der Waals surface area contributed by atoms with Gasteiger partial charge in [0.1, 0.15) is 0 Å². The summed E-state index contributed by atoms with van der Waals surface area (Å²) in [5.41, 5.74) is 3.25. The number of allylic oxidation sites excluding steroid dienone is 2. The molecule has 0 saturated carbocycles. The highest BCUT2D eigenvalue weighted by Crippen LogP contribution is 2.48. The van der Waals surface area contributed by atoms with Crippen molar-refractivity contribution in [1.82, 2.24) is 0 Å². The molecule has 0 bridgehead atoms. The van der Waals surface area contributed by atoms with E-state index in [1.165, 1.54) is 7.11 Å². The number of amides is 1. The van der Waals surface area contributed by atoms with Crippen LogP contribution in [0.5, 0.6) is 0 Å². The summed E-state index contributed by atoms with van der Waals surface area (Å²) in [7, 11) is 1.32. The zero-order valence-corrected chi connectivity index (χ0v) is 19.0. The summed E-state index contributed by atoms with van der Waals surface area (Å²) in [6.45, 7) is 0. The van der Waals surface area contributed by atoms with Crippen molar-refractivity contribution in [1.29, 1.82) is 0 Å². The number of anilines is 1. The van der Waals surface area contributed by atoms with Crippen LogP contribution in [0.1, 0.15) is 51.9 Å². The van der Waals surface area contributed by atoms with Gasteiger partial charge in [0.25, 0.3) is 0 Å². The molecular weight excluding hydrogens is 434 g/mol. The summed E-state index contributed by atoms with van der Waals surface area (Å²) in [5.74, 6) is -0.845. The van der Waals surface area contributed by atoms with Crippen molar-refractivity contribution in [2.24, 2.45) is 0 Å². The van der Waals surface area contributed by atoms with E-state index < -0.39 is 5.97 Å². The molecule has 2 aliphatic rings. The quantitative estimate of drug-likeness (QED) is 0.488. The zero-order chi connectivity index (χ0) is 22.9. The van der Waals surface area contributed by atoms with E-state index in [-0.39, 0.29) is 29.9 Å². The van der Waals surface area contributed by atoms with E-state index in [1.54, 1.807) is 40.5 Å². The first kappa shape index (κ1) is 21.3. The molecule has 33 heavy (non-hydrogen) atoms. The Hall–Kier alpha value is -3.51. The summed E-state index contributed by atoms with van der Waals surface area (Å²) in [6.07, 6.45) is 1.15. The van der Waals surface area contributed by atoms with E-state index >= 15 is 0 Å². The molecule has 0 fully saturated rings. The van der Waals surface area contributed by atoms with E-state index in [1.807, 2.05) is 47.8 Å². The molecule has 2 aromatic carbocycles. The number of para-hydroxylation sites is 1. The maximum absolute atomic E-state index is 13.6. The fraction of sp³-hybridized carbons (Fsp3) is 0.222. The molecule has 2 unspecified atom stereocenters. The smallest absolute Gasteiger partial charge is 0.339 e. The number of benzene rings is 2. The molecule has 0 radical (unpaired) electrons. The first-order chi connectivity index (χ1) is 16.1. The standard InChI is InChI=1S/C27H23NO4S/c1-32-27(31)19-10-5-6-11-21(19)28-22-14-18(17-8-3-2-4-9-17)15-23(29)26(22)20(16-25(28)30)24-12-7-13-33-24/h2-13,18,20H,14-16H2,1H3. The highest BCUT2D eigenvalue weighted by atomic mass is 32.1. The summed E-state index contributed by atoms with van der Waals surface area (Å²) in [5, 5.41) is 1.97. The van der Waals surface area contributed by atoms with Crippen LogP contribution in [0, 0.1) is 0 Å². The van der Waals surface area contributed by atoms with Gasteiger partial charge in [-0.3, -0.25) is 14.5 Å². The lowest BCUT2D eigenvalue weighted by Crippen LogP contribution is -2.42. The van der Waals surface area contributed by atoms with Crippen LogP contribution < -0.4 is 4.90 Å². The normalized spacial score (nSPS) is 20.6. The van der Waals surface area contributed by atoms with Crippen LogP contribution in [0.25, 0.3) is 0 Å². The number of ketones is 1. The van der Waals surface area contributed by atoms with Gasteiger partial charge in [0.15, 0.2) is 5.78 Å². The van der Waals surface area contributed by atoms with Crippen LogP contribution in [0.15, 0.2) is 83.4 Å². The average Bonchev–Trinajstić information content (AvgIpc) is 3.38. The van der Waals surface area contributed by atoms with Crippen molar-refractivity contribution in [3.63, 3.8) is 0 Å². The third-order valence-electron chi connectivity index (χ3n) is 6.44. The second-order valence-corrected chi connectivity index (χ2v) is 9.29. The Balaban J connectivity index is 1.68. The minimum Gasteiger partial charge on any atom is -0.465 e. The van der Waals surface area contributed by atoms with E-state index in [9.17, 15) is 14.4 Å². The van der Waals surface area contributed by atoms with Crippen LogP contribution in [-0.2, 0) is 14.3 Å². The zero-order valence-electron chi connectivity index (χ0n) is 18.2. The first-order valence-corrected chi connectivity index (χ1v) is 11.8. The molecule has 2 atom stereocenters. The molecule has 1 aliphatic heterocycles. The van der Waals surface area contributed by atoms with Crippen molar-refractivity contribution in [2.75, 3.05) is 12.0 Å². The van der Waals surface area contributed by atoms with Gasteiger partial charge in [0.05, 0.1) is 18.4 Å². The van der Waals surface area contributed by atoms with Crippen LogP contribution in [-0.4, -0.2) is 24.8 Å². The lowest BCUT2D eigenvalue weighted by molar-refractivity contribution is -0.120. The fourth-order valence-corrected chi connectivity index (χ4v) is 5.80. The van der Waals surface area contributed by atoms with Gasteiger partial charge in [-0.15, -0.1) is 11.3 Å². The number of nitrogens with zero attached hydrogens (tertiary/aromatic N) is 1. The maximum Gasteiger partial charge on any atom is 0.339 e. The molecule has 1 amide bonds. The van der Waals surface area contributed by atoms with Crippen LogP contribution in [0.3, 0.4) is 0 Å². The Kier molecular flexibility index (Phi) is 5.68. The van der Waals surface area contributed by atoms with Crippen LogP contribution >= 0.6 is 11.3 Å². The van der Waals surface area contributed by atoms with Gasteiger partial charge >= 0.3 is 5.97 Å². The van der Waals surface area contributed by atoms with Gasteiger partial charge in [-0.05, 0) is 41.5 Å². The van der Waals surface area contributed by atoms with Crippen molar-refractivity contribution in [3.05, 3.63) is 99.4 Å².